The molecule has 1 aromatic heterocycles. The Kier molecular flexibility index (Phi) is 4.90. The number of anilines is 2. The fraction of sp³-hybridized carbons (Fsp3) is 0.421. The first kappa shape index (κ1) is 18.7. The van der Waals surface area contributed by atoms with Crippen molar-refractivity contribution >= 4 is 43.3 Å². The summed E-state index contributed by atoms with van der Waals surface area (Å²) in [6, 6.07) is 3.68. The highest BCUT2D eigenvalue weighted by Crippen LogP contribution is 2.39. The molecule has 1 aromatic carbocycles. The molecule has 1 N–H and O–H groups in total. The van der Waals surface area contributed by atoms with Crippen molar-refractivity contribution in [1.29, 1.82) is 0 Å². The zero-order valence-electron chi connectivity index (χ0n) is 15.3. The molecule has 1 saturated heterocycles. The summed E-state index contributed by atoms with van der Waals surface area (Å²) in [4.78, 5) is 2.46. The molecule has 0 bridgehead atoms. The van der Waals surface area contributed by atoms with Crippen LogP contribution >= 0.6 is 15.9 Å². The summed E-state index contributed by atoms with van der Waals surface area (Å²) in [6.07, 6.45) is 5.10. The molecule has 1 fully saturated rings. The molecule has 0 amide bonds. The Morgan fingerprint density at radius 3 is 2.67 bits per heavy atom. The maximum absolute atomic E-state index is 13.2. The average molecular weight is 452 g/mol. The van der Waals surface area contributed by atoms with Gasteiger partial charge in [-0.2, -0.15) is 5.10 Å². The van der Waals surface area contributed by atoms with E-state index in [1.54, 1.807) is 6.07 Å². The minimum absolute atomic E-state index is 0.356. The van der Waals surface area contributed by atoms with E-state index in [-0.39, 0.29) is 5.25 Å². The molecule has 3 heterocycles. The van der Waals surface area contributed by atoms with Crippen LogP contribution < -0.4 is 4.90 Å². The van der Waals surface area contributed by atoms with E-state index in [2.05, 4.69) is 31.0 Å². The maximum Gasteiger partial charge on any atom is 0.182 e. The second kappa shape index (κ2) is 7.07. The molecular weight excluding hydrogens is 430 g/mol. The number of aromatic amines is 1. The Bertz CT molecular complexity index is 1010. The normalized spacial score (nSPS) is 18.0. The van der Waals surface area contributed by atoms with Gasteiger partial charge in [0.15, 0.2) is 15.7 Å². The van der Waals surface area contributed by atoms with Gasteiger partial charge < -0.3 is 9.64 Å². The average Bonchev–Trinajstić information content (AvgIpc) is 3.00. The predicted octanol–water partition coefficient (Wildman–Crippen LogP) is 3.91. The standard InChI is InChI=1S/C19H22BrN3O3S/c1-12-13(2)21-22-19(12)23-7-3-4-14-10-18(16(20)11-17(14)23)27(24,25)15-5-8-26-9-6-15/h3-4,10-11,15H,5-9H2,1-2H3,(H,21,22). The summed E-state index contributed by atoms with van der Waals surface area (Å²) in [7, 11) is -3.41. The van der Waals surface area contributed by atoms with Crippen molar-refractivity contribution in [2.24, 2.45) is 0 Å². The fourth-order valence-electron chi connectivity index (χ4n) is 3.63. The lowest BCUT2D eigenvalue weighted by Crippen LogP contribution is -2.29. The quantitative estimate of drug-likeness (QED) is 0.765. The van der Waals surface area contributed by atoms with Crippen LogP contribution in [0.15, 0.2) is 27.6 Å². The second-order valence-electron chi connectivity index (χ2n) is 7.01. The first-order chi connectivity index (χ1) is 12.9. The number of nitrogens with one attached hydrogen (secondary N) is 1. The van der Waals surface area contributed by atoms with Crippen molar-refractivity contribution in [1.82, 2.24) is 10.2 Å². The van der Waals surface area contributed by atoms with Crippen molar-refractivity contribution in [3.8, 4) is 0 Å². The van der Waals surface area contributed by atoms with Crippen molar-refractivity contribution in [3.05, 3.63) is 39.5 Å². The van der Waals surface area contributed by atoms with E-state index in [0.717, 1.165) is 28.3 Å². The summed E-state index contributed by atoms with van der Waals surface area (Å²) in [5, 5.41) is 7.07. The Morgan fingerprint density at radius 1 is 1.26 bits per heavy atom. The molecule has 8 heteroatoms. The van der Waals surface area contributed by atoms with Crippen LogP contribution in [0.3, 0.4) is 0 Å². The molecular formula is C19H22BrN3O3S. The summed E-state index contributed by atoms with van der Waals surface area (Å²) >= 11 is 3.51. The number of ether oxygens (including phenoxy) is 1. The number of sulfone groups is 1. The van der Waals surface area contributed by atoms with Crippen LogP contribution in [0.25, 0.3) is 6.08 Å². The second-order valence-corrected chi connectivity index (χ2v) is 10.1. The number of hydrogen-bond acceptors (Lipinski definition) is 5. The summed E-state index contributed by atoms with van der Waals surface area (Å²) < 4.78 is 32.2. The zero-order chi connectivity index (χ0) is 19.2. The van der Waals surface area contributed by atoms with E-state index < -0.39 is 9.84 Å². The third-order valence-corrected chi connectivity index (χ3v) is 8.57. The van der Waals surface area contributed by atoms with Crippen LogP contribution in [0.4, 0.5) is 11.5 Å². The smallest absolute Gasteiger partial charge is 0.182 e. The molecule has 0 atom stereocenters. The highest BCUT2D eigenvalue weighted by atomic mass is 79.9. The lowest BCUT2D eigenvalue weighted by atomic mass is 10.1. The number of aryl methyl sites for hydroxylation is 1. The third kappa shape index (κ3) is 3.23. The van der Waals surface area contributed by atoms with Crippen LogP contribution in [0.5, 0.6) is 0 Å². The van der Waals surface area contributed by atoms with Gasteiger partial charge >= 0.3 is 0 Å². The topological polar surface area (TPSA) is 75.3 Å². The van der Waals surface area contributed by atoms with Crippen molar-refractivity contribution in [2.45, 2.75) is 36.8 Å². The van der Waals surface area contributed by atoms with E-state index in [4.69, 9.17) is 4.74 Å². The molecule has 6 nitrogen and oxygen atoms in total. The monoisotopic (exact) mass is 451 g/mol. The van der Waals surface area contributed by atoms with E-state index >= 15 is 0 Å². The molecule has 2 aromatic rings. The molecule has 0 saturated carbocycles. The molecule has 2 aliphatic rings. The first-order valence-corrected chi connectivity index (χ1v) is 11.3. The van der Waals surface area contributed by atoms with Crippen molar-refractivity contribution in [3.63, 3.8) is 0 Å². The van der Waals surface area contributed by atoms with Crippen LogP contribution in [0.1, 0.15) is 29.7 Å². The molecule has 0 spiro atoms. The Hall–Kier alpha value is -1.64. The molecule has 144 valence electrons. The number of nitrogens with zero attached hydrogens (tertiary/aromatic N) is 2. The number of H-pyrrole nitrogens is 1. The van der Waals surface area contributed by atoms with E-state index in [1.165, 1.54) is 0 Å². The minimum atomic E-state index is -3.41. The minimum Gasteiger partial charge on any atom is -0.381 e. The van der Waals surface area contributed by atoms with Crippen LogP contribution in [0, 0.1) is 13.8 Å². The molecule has 0 unspecified atom stereocenters. The van der Waals surface area contributed by atoms with Gasteiger partial charge in [0.1, 0.15) is 0 Å². The summed E-state index contributed by atoms with van der Waals surface area (Å²) in [5.74, 6) is 0.866. The highest BCUT2D eigenvalue weighted by Gasteiger charge is 2.32. The van der Waals surface area contributed by atoms with Gasteiger partial charge in [0.2, 0.25) is 0 Å². The summed E-state index contributed by atoms with van der Waals surface area (Å²) in [5.41, 5.74) is 3.95. The number of hydrogen-bond donors (Lipinski definition) is 1. The molecule has 2 aliphatic heterocycles. The van der Waals surface area contributed by atoms with Crippen LogP contribution in [-0.2, 0) is 14.6 Å². The summed E-state index contributed by atoms with van der Waals surface area (Å²) in [6.45, 7) is 5.71. The lowest BCUT2D eigenvalue weighted by molar-refractivity contribution is 0.0983. The first-order valence-electron chi connectivity index (χ1n) is 9.00. The van der Waals surface area contributed by atoms with Crippen molar-refractivity contribution < 1.29 is 13.2 Å². The Morgan fingerprint density at radius 2 is 2.00 bits per heavy atom. The van der Waals surface area contributed by atoms with Gasteiger partial charge in [-0.3, -0.25) is 5.10 Å². The van der Waals surface area contributed by atoms with Gasteiger partial charge in [0.05, 0.1) is 15.8 Å². The number of halogens is 1. The van der Waals surface area contributed by atoms with Crippen LogP contribution in [-0.4, -0.2) is 43.6 Å². The molecule has 4 rings (SSSR count). The fourth-order valence-corrected chi connectivity index (χ4v) is 6.43. The molecule has 27 heavy (non-hydrogen) atoms. The maximum atomic E-state index is 13.2. The highest BCUT2D eigenvalue weighted by molar-refractivity contribution is 9.10. The number of fused-ring (bicyclic) bond motifs is 1. The SMILES string of the molecule is Cc1[nH]nc(N2CC=Cc3cc(S(=O)(=O)C4CCOCC4)c(Br)cc32)c1C. The van der Waals surface area contributed by atoms with Crippen molar-refractivity contribution in [2.75, 3.05) is 24.7 Å². The lowest BCUT2D eigenvalue weighted by Gasteiger charge is -2.28. The van der Waals surface area contributed by atoms with E-state index in [9.17, 15) is 8.42 Å². The van der Waals surface area contributed by atoms with Gasteiger partial charge in [0, 0.05) is 35.5 Å². The van der Waals surface area contributed by atoms with Gasteiger partial charge in [-0.1, -0.05) is 12.2 Å². The van der Waals surface area contributed by atoms with Gasteiger partial charge in [0.25, 0.3) is 0 Å². The van der Waals surface area contributed by atoms with E-state index in [1.807, 2.05) is 32.1 Å². The van der Waals surface area contributed by atoms with Gasteiger partial charge in [-0.15, -0.1) is 0 Å². The molecule has 0 aliphatic carbocycles. The number of rotatable bonds is 3. The predicted molar refractivity (Wildman–Crippen MR) is 109 cm³/mol. The van der Waals surface area contributed by atoms with Crippen LogP contribution in [0.2, 0.25) is 0 Å². The third-order valence-electron chi connectivity index (χ3n) is 5.35. The Labute approximate surface area is 167 Å². The Balaban J connectivity index is 1.77. The molecule has 0 radical (unpaired) electrons. The van der Waals surface area contributed by atoms with Gasteiger partial charge in [-0.05, 0) is 60.3 Å². The number of benzene rings is 1. The van der Waals surface area contributed by atoms with E-state index in [0.29, 0.717) is 42.0 Å². The zero-order valence-corrected chi connectivity index (χ0v) is 17.7. The largest absolute Gasteiger partial charge is 0.381 e. The number of aromatic nitrogens is 2. The van der Waals surface area contributed by atoms with Gasteiger partial charge in [-0.25, -0.2) is 8.42 Å².